The van der Waals surface area contributed by atoms with Crippen LogP contribution in [0.3, 0.4) is 0 Å². The van der Waals surface area contributed by atoms with Crippen molar-refractivity contribution in [1.29, 1.82) is 0 Å². The number of sulfonamides is 1. The lowest BCUT2D eigenvalue weighted by Gasteiger charge is -2.18. The first-order valence-corrected chi connectivity index (χ1v) is 9.51. The van der Waals surface area contributed by atoms with Crippen molar-refractivity contribution in [1.82, 2.24) is 4.31 Å². The summed E-state index contributed by atoms with van der Waals surface area (Å²) in [6.45, 7) is 2.83. The molecule has 2 fully saturated rings. The van der Waals surface area contributed by atoms with Crippen molar-refractivity contribution in [2.75, 3.05) is 38.6 Å². The summed E-state index contributed by atoms with van der Waals surface area (Å²) in [4.78, 5) is 0. The third-order valence-corrected chi connectivity index (χ3v) is 6.78. The van der Waals surface area contributed by atoms with Gasteiger partial charge in [-0.05, 0) is 30.4 Å². The molecule has 3 atom stereocenters. The maximum absolute atomic E-state index is 12.7. The van der Waals surface area contributed by atoms with E-state index in [0.29, 0.717) is 32.8 Å². The topological polar surface area (TPSA) is 72.6 Å². The Labute approximate surface area is 132 Å². The van der Waals surface area contributed by atoms with Crippen LogP contribution in [0.5, 0.6) is 0 Å². The van der Waals surface area contributed by atoms with Crippen LogP contribution in [0.4, 0.5) is 0 Å². The molecule has 0 aliphatic carbocycles. The van der Waals surface area contributed by atoms with E-state index in [1.807, 2.05) is 18.2 Å². The van der Waals surface area contributed by atoms with Crippen molar-refractivity contribution in [3.8, 4) is 0 Å². The molecule has 2 aliphatic heterocycles. The molecule has 2 N–H and O–H groups in total. The van der Waals surface area contributed by atoms with Gasteiger partial charge in [-0.2, -0.15) is 0 Å². The standard InChI is InChI=1S/C16H24N2O3S/c17-8-15-9-18(10-16(15)14-4-2-1-3-5-14)22(19,20)12-13-6-7-21-11-13/h1-5,13,15-16H,6-12,17H2/t13?,15-,16+/m1/s1. The molecule has 1 aromatic rings. The minimum Gasteiger partial charge on any atom is -0.381 e. The highest BCUT2D eigenvalue weighted by Crippen LogP contribution is 2.34. The molecule has 3 rings (SSSR count). The summed E-state index contributed by atoms with van der Waals surface area (Å²) in [6, 6.07) is 10.1. The third-order valence-electron chi connectivity index (χ3n) is 4.80. The SMILES string of the molecule is NC[C@@H]1CN(S(=O)(=O)CC2CCOC2)C[C@H]1c1ccccc1. The number of ether oxygens (including phenoxy) is 1. The van der Waals surface area contributed by atoms with Crippen LogP contribution in [0.15, 0.2) is 30.3 Å². The number of rotatable bonds is 5. The van der Waals surface area contributed by atoms with Gasteiger partial charge < -0.3 is 10.5 Å². The summed E-state index contributed by atoms with van der Waals surface area (Å²) in [6.07, 6.45) is 0.843. The van der Waals surface area contributed by atoms with Gasteiger partial charge in [-0.15, -0.1) is 0 Å². The molecule has 22 heavy (non-hydrogen) atoms. The predicted molar refractivity (Wildman–Crippen MR) is 86.0 cm³/mol. The largest absolute Gasteiger partial charge is 0.381 e. The predicted octanol–water partition coefficient (Wildman–Crippen LogP) is 1.03. The molecule has 2 heterocycles. The second kappa shape index (κ2) is 6.66. The van der Waals surface area contributed by atoms with Gasteiger partial charge in [0.05, 0.1) is 12.4 Å². The van der Waals surface area contributed by atoms with Gasteiger partial charge in [-0.3, -0.25) is 0 Å². The molecule has 2 aliphatic rings. The Morgan fingerprint density at radius 3 is 2.64 bits per heavy atom. The van der Waals surface area contributed by atoms with Gasteiger partial charge in [0, 0.05) is 25.6 Å². The number of nitrogens with zero attached hydrogens (tertiary/aromatic N) is 1. The highest BCUT2D eigenvalue weighted by molar-refractivity contribution is 7.89. The van der Waals surface area contributed by atoms with Crippen molar-refractivity contribution >= 4 is 10.0 Å². The van der Waals surface area contributed by atoms with Crippen LogP contribution in [0.2, 0.25) is 0 Å². The molecular weight excluding hydrogens is 300 g/mol. The first kappa shape index (κ1) is 15.9. The molecule has 1 unspecified atom stereocenters. The van der Waals surface area contributed by atoms with Gasteiger partial charge in [0.15, 0.2) is 0 Å². The van der Waals surface area contributed by atoms with Crippen LogP contribution >= 0.6 is 0 Å². The van der Waals surface area contributed by atoms with E-state index in [1.165, 1.54) is 5.56 Å². The molecule has 6 heteroatoms. The molecule has 0 aromatic heterocycles. The van der Waals surface area contributed by atoms with Crippen molar-refractivity contribution in [2.24, 2.45) is 17.6 Å². The van der Waals surface area contributed by atoms with Gasteiger partial charge in [0.2, 0.25) is 10.0 Å². The lowest BCUT2D eigenvalue weighted by Crippen LogP contribution is -2.34. The molecule has 0 saturated carbocycles. The zero-order chi connectivity index (χ0) is 15.6. The zero-order valence-corrected chi connectivity index (χ0v) is 13.5. The van der Waals surface area contributed by atoms with Crippen molar-refractivity contribution < 1.29 is 13.2 Å². The van der Waals surface area contributed by atoms with Crippen LogP contribution in [0, 0.1) is 11.8 Å². The van der Waals surface area contributed by atoms with E-state index < -0.39 is 10.0 Å². The minimum atomic E-state index is -3.23. The van der Waals surface area contributed by atoms with Gasteiger partial charge >= 0.3 is 0 Å². The lowest BCUT2D eigenvalue weighted by atomic mass is 9.89. The molecular formula is C16H24N2O3S. The molecule has 5 nitrogen and oxygen atoms in total. The van der Waals surface area contributed by atoms with Crippen molar-refractivity contribution in [3.63, 3.8) is 0 Å². The van der Waals surface area contributed by atoms with E-state index in [2.05, 4.69) is 12.1 Å². The summed E-state index contributed by atoms with van der Waals surface area (Å²) in [5.41, 5.74) is 7.07. The van der Waals surface area contributed by atoms with Crippen LogP contribution in [0.1, 0.15) is 17.9 Å². The van der Waals surface area contributed by atoms with E-state index in [4.69, 9.17) is 10.5 Å². The van der Waals surface area contributed by atoms with Crippen molar-refractivity contribution in [3.05, 3.63) is 35.9 Å². The molecule has 0 radical (unpaired) electrons. The van der Waals surface area contributed by atoms with E-state index in [0.717, 1.165) is 6.42 Å². The first-order valence-electron chi connectivity index (χ1n) is 7.90. The second-order valence-corrected chi connectivity index (χ2v) is 8.35. The Morgan fingerprint density at radius 2 is 2.00 bits per heavy atom. The fraction of sp³-hybridized carbons (Fsp3) is 0.625. The van der Waals surface area contributed by atoms with Crippen molar-refractivity contribution in [2.45, 2.75) is 12.3 Å². The lowest BCUT2D eigenvalue weighted by molar-refractivity contribution is 0.188. The van der Waals surface area contributed by atoms with Gasteiger partial charge in [0.25, 0.3) is 0 Å². The molecule has 0 amide bonds. The van der Waals surface area contributed by atoms with E-state index in [-0.39, 0.29) is 23.5 Å². The molecule has 122 valence electrons. The summed E-state index contributed by atoms with van der Waals surface area (Å²) in [7, 11) is -3.23. The molecule has 0 bridgehead atoms. The molecule has 1 aromatic carbocycles. The van der Waals surface area contributed by atoms with Gasteiger partial charge in [-0.25, -0.2) is 12.7 Å². The number of nitrogens with two attached hydrogens (primary N) is 1. The van der Waals surface area contributed by atoms with Gasteiger partial charge in [-0.1, -0.05) is 30.3 Å². The Morgan fingerprint density at radius 1 is 1.23 bits per heavy atom. The zero-order valence-electron chi connectivity index (χ0n) is 12.7. The quantitative estimate of drug-likeness (QED) is 0.878. The maximum Gasteiger partial charge on any atom is 0.214 e. The Bertz CT molecular complexity index is 585. The van der Waals surface area contributed by atoms with E-state index in [9.17, 15) is 8.42 Å². The average molecular weight is 324 g/mol. The number of hydrogen-bond acceptors (Lipinski definition) is 4. The fourth-order valence-corrected chi connectivity index (χ4v) is 5.37. The number of hydrogen-bond donors (Lipinski definition) is 1. The average Bonchev–Trinajstić information content (AvgIpc) is 3.16. The first-order chi connectivity index (χ1) is 10.6. The molecule has 2 saturated heterocycles. The van der Waals surface area contributed by atoms with E-state index in [1.54, 1.807) is 4.31 Å². The smallest absolute Gasteiger partial charge is 0.214 e. The van der Waals surface area contributed by atoms with Crippen LogP contribution < -0.4 is 5.73 Å². The minimum absolute atomic E-state index is 0.136. The maximum atomic E-state index is 12.7. The second-order valence-electron chi connectivity index (χ2n) is 6.34. The van der Waals surface area contributed by atoms with Gasteiger partial charge in [0.1, 0.15) is 0 Å². The fourth-order valence-electron chi connectivity index (χ4n) is 3.49. The monoisotopic (exact) mass is 324 g/mol. The molecule has 0 spiro atoms. The highest BCUT2D eigenvalue weighted by Gasteiger charge is 2.39. The third kappa shape index (κ3) is 3.35. The summed E-state index contributed by atoms with van der Waals surface area (Å²) in [5.74, 6) is 0.723. The Kier molecular flexibility index (Phi) is 4.82. The van der Waals surface area contributed by atoms with E-state index >= 15 is 0 Å². The van der Waals surface area contributed by atoms with Crippen LogP contribution in [-0.4, -0.2) is 51.3 Å². The van der Waals surface area contributed by atoms with Crippen LogP contribution in [-0.2, 0) is 14.8 Å². The Hall–Kier alpha value is -0.950. The normalized spacial score (nSPS) is 30.0. The van der Waals surface area contributed by atoms with Crippen LogP contribution in [0.25, 0.3) is 0 Å². The summed E-state index contributed by atoms with van der Waals surface area (Å²) >= 11 is 0. The summed E-state index contributed by atoms with van der Waals surface area (Å²) in [5, 5.41) is 0. The number of benzene rings is 1. The highest BCUT2D eigenvalue weighted by atomic mass is 32.2. The Balaban J connectivity index is 1.73. The summed E-state index contributed by atoms with van der Waals surface area (Å²) < 4.78 is 32.2.